The van der Waals surface area contributed by atoms with Crippen LogP contribution in [0.15, 0.2) is 30.9 Å². The van der Waals surface area contributed by atoms with Crippen LogP contribution in [0.25, 0.3) is 0 Å². The summed E-state index contributed by atoms with van der Waals surface area (Å²) in [6.07, 6.45) is 6.01. The highest BCUT2D eigenvalue weighted by Crippen LogP contribution is 2.12. The van der Waals surface area contributed by atoms with Crippen molar-refractivity contribution in [2.45, 2.75) is 25.9 Å². The summed E-state index contributed by atoms with van der Waals surface area (Å²) in [7, 11) is 1.82. The average Bonchev–Trinajstić information content (AvgIpc) is 2.98. The van der Waals surface area contributed by atoms with E-state index in [1.165, 1.54) is 6.33 Å². The highest BCUT2D eigenvalue weighted by molar-refractivity contribution is 5.76. The van der Waals surface area contributed by atoms with Gasteiger partial charge < -0.3 is 9.88 Å². The maximum absolute atomic E-state index is 11.9. The number of aromatic nitrogens is 4. The molecule has 0 aliphatic carbocycles. The summed E-state index contributed by atoms with van der Waals surface area (Å²) < 4.78 is 3.52. The van der Waals surface area contributed by atoms with Crippen molar-refractivity contribution >= 4 is 5.91 Å². The zero-order valence-corrected chi connectivity index (χ0v) is 10.6. The maximum atomic E-state index is 11.9. The summed E-state index contributed by atoms with van der Waals surface area (Å²) in [5.74, 6) is 0.749. The van der Waals surface area contributed by atoms with Gasteiger partial charge in [0.05, 0.1) is 6.04 Å². The molecule has 0 aliphatic heterocycles. The molecule has 0 radical (unpaired) electrons. The van der Waals surface area contributed by atoms with Crippen molar-refractivity contribution in [2.24, 2.45) is 7.05 Å². The minimum Gasteiger partial charge on any atom is -0.345 e. The van der Waals surface area contributed by atoms with E-state index in [-0.39, 0.29) is 11.9 Å². The largest absolute Gasteiger partial charge is 0.345 e. The number of carbonyl (C=O) groups excluding carboxylic acids is 1. The van der Waals surface area contributed by atoms with Gasteiger partial charge in [0.1, 0.15) is 18.7 Å². The lowest BCUT2D eigenvalue weighted by atomic mass is 10.2. The van der Waals surface area contributed by atoms with Crippen LogP contribution in [0.5, 0.6) is 0 Å². The highest BCUT2D eigenvalue weighted by Gasteiger charge is 2.17. The van der Waals surface area contributed by atoms with Crippen LogP contribution in [0.2, 0.25) is 0 Å². The van der Waals surface area contributed by atoms with Gasteiger partial charge in [0, 0.05) is 19.4 Å². The van der Waals surface area contributed by atoms with Crippen LogP contribution in [0.4, 0.5) is 0 Å². The normalized spacial score (nSPS) is 12.3. The molecule has 2 rings (SSSR count). The quantitative estimate of drug-likeness (QED) is 0.853. The van der Waals surface area contributed by atoms with Crippen molar-refractivity contribution in [3.05, 3.63) is 36.7 Å². The first kappa shape index (κ1) is 12.3. The third kappa shape index (κ3) is 2.77. The smallest absolute Gasteiger partial charge is 0.240 e. The fourth-order valence-corrected chi connectivity index (χ4v) is 1.85. The first-order valence-corrected chi connectivity index (χ1v) is 5.94. The van der Waals surface area contributed by atoms with Crippen molar-refractivity contribution < 1.29 is 4.79 Å². The molecule has 1 N–H and O–H groups in total. The molecular weight excluding hydrogens is 230 g/mol. The molecule has 96 valence electrons. The van der Waals surface area contributed by atoms with E-state index < -0.39 is 0 Å². The summed E-state index contributed by atoms with van der Waals surface area (Å²) in [5.41, 5.74) is 0. The van der Waals surface area contributed by atoms with Crippen LogP contribution in [-0.2, 0) is 18.4 Å². The topological polar surface area (TPSA) is 64.7 Å². The van der Waals surface area contributed by atoms with Crippen LogP contribution >= 0.6 is 0 Å². The zero-order chi connectivity index (χ0) is 13.0. The van der Waals surface area contributed by atoms with E-state index in [9.17, 15) is 4.79 Å². The van der Waals surface area contributed by atoms with E-state index in [0.717, 1.165) is 12.2 Å². The van der Waals surface area contributed by atoms with Crippen LogP contribution in [0.3, 0.4) is 0 Å². The van der Waals surface area contributed by atoms with Gasteiger partial charge in [-0.1, -0.05) is 6.92 Å². The van der Waals surface area contributed by atoms with Crippen molar-refractivity contribution in [1.82, 2.24) is 24.6 Å². The minimum atomic E-state index is -0.0967. The van der Waals surface area contributed by atoms with E-state index >= 15 is 0 Å². The molecule has 1 amide bonds. The molecule has 0 spiro atoms. The Balaban J connectivity index is 1.98. The molecule has 2 aromatic heterocycles. The molecule has 0 fully saturated rings. The van der Waals surface area contributed by atoms with Crippen LogP contribution in [-0.4, -0.2) is 25.2 Å². The number of aryl methyl sites for hydroxylation is 1. The number of carbonyl (C=O) groups is 1. The second-order valence-corrected chi connectivity index (χ2v) is 4.13. The van der Waals surface area contributed by atoms with Gasteiger partial charge in [0.2, 0.25) is 5.91 Å². The minimum absolute atomic E-state index is 0.0268. The van der Waals surface area contributed by atoms with Gasteiger partial charge in [-0.2, -0.15) is 5.10 Å². The molecular formula is C12H17N5O. The molecule has 0 bridgehead atoms. The van der Waals surface area contributed by atoms with Gasteiger partial charge in [-0.15, -0.1) is 0 Å². The molecule has 1 atom stereocenters. The summed E-state index contributed by atoms with van der Waals surface area (Å²) in [6, 6.07) is 3.70. The number of hydrogen-bond acceptors (Lipinski definition) is 3. The van der Waals surface area contributed by atoms with E-state index in [1.54, 1.807) is 4.68 Å². The number of nitrogens with one attached hydrogen (secondary N) is 1. The predicted molar refractivity (Wildman–Crippen MR) is 66.6 cm³/mol. The van der Waals surface area contributed by atoms with Crippen LogP contribution < -0.4 is 5.32 Å². The Morgan fingerprint density at radius 3 is 2.72 bits per heavy atom. The van der Waals surface area contributed by atoms with E-state index in [4.69, 9.17) is 0 Å². The molecule has 0 aliphatic rings. The summed E-state index contributed by atoms with van der Waals surface area (Å²) in [4.78, 5) is 16.1. The van der Waals surface area contributed by atoms with Gasteiger partial charge in [-0.25, -0.2) is 4.98 Å². The lowest BCUT2D eigenvalue weighted by molar-refractivity contribution is -0.122. The second-order valence-electron chi connectivity index (χ2n) is 4.13. The van der Waals surface area contributed by atoms with Gasteiger partial charge in [-0.3, -0.25) is 9.48 Å². The number of nitrogens with zero attached hydrogens (tertiary/aromatic N) is 4. The fourth-order valence-electron chi connectivity index (χ4n) is 1.85. The van der Waals surface area contributed by atoms with Gasteiger partial charge >= 0.3 is 0 Å². The van der Waals surface area contributed by atoms with Gasteiger partial charge in [-0.05, 0) is 18.6 Å². The van der Waals surface area contributed by atoms with E-state index in [1.807, 2.05) is 43.1 Å². The Hall–Kier alpha value is -2.11. The SMILES string of the molecule is CC[C@@H](NC(=O)Cn1cccc1)c1ncnn1C. The van der Waals surface area contributed by atoms with Crippen molar-refractivity contribution in [3.8, 4) is 0 Å². The third-order valence-electron chi connectivity index (χ3n) is 2.79. The highest BCUT2D eigenvalue weighted by atomic mass is 16.2. The first-order valence-electron chi connectivity index (χ1n) is 5.94. The molecule has 0 unspecified atom stereocenters. The fraction of sp³-hybridized carbons (Fsp3) is 0.417. The Bertz CT molecular complexity index is 502. The van der Waals surface area contributed by atoms with Crippen LogP contribution in [0.1, 0.15) is 25.2 Å². The Labute approximate surface area is 106 Å². The molecule has 2 heterocycles. The zero-order valence-electron chi connectivity index (χ0n) is 10.6. The predicted octanol–water partition coefficient (Wildman–Crippen LogP) is 0.884. The van der Waals surface area contributed by atoms with Gasteiger partial charge in [0.25, 0.3) is 0 Å². The molecule has 18 heavy (non-hydrogen) atoms. The molecule has 6 nitrogen and oxygen atoms in total. The molecule has 6 heteroatoms. The summed E-state index contributed by atoms with van der Waals surface area (Å²) in [6.45, 7) is 2.33. The monoisotopic (exact) mass is 247 g/mol. The third-order valence-corrected chi connectivity index (χ3v) is 2.79. The lowest BCUT2D eigenvalue weighted by Gasteiger charge is -2.16. The standard InChI is InChI=1S/C12H17N5O/c1-3-10(12-13-9-14-16(12)2)15-11(18)8-17-6-4-5-7-17/h4-7,9-10H,3,8H2,1-2H3,(H,15,18)/t10-/m1/s1. The Morgan fingerprint density at radius 2 is 2.17 bits per heavy atom. The van der Waals surface area contributed by atoms with Crippen LogP contribution in [0, 0.1) is 0 Å². The number of rotatable bonds is 5. The number of amides is 1. The van der Waals surface area contributed by atoms with Crippen molar-refractivity contribution in [3.63, 3.8) is 0 Å². The average molecular weight is 247 g/mol. The Morgan fingerprint density at radius 1 is 1.44 bits per heavy atom. The molecule has 0 aromatic carbocycles. The number of hydrogen-bond donors (Lipinski definition) is 1. The van der Waals surface area contributed by atoms with Gasteiger partial charge in [0.15, 0.2) is 0 Å². The summed E-state index contributed by atoms with van der Waals surface area (Å²) in [5, 5.41) is 6.98. The molecule has 0 saturated carbocycles. The summed E-state index contributed by atoms with van der Waals surface area (Å²) >= 11 is 0. The second kappa shape index (κ2) is 5.48. The first-order chi connectivity index (χ1) is 8.70. The van der Waals surface area contributed by atoms with E-state index in [2.05, 4.69) is 15.4 Å². The molecule has 0 saturated heterocycles. The maximum Gasteiger partial charge on any atom is 0.240 e. The van der Waals surface area contributed by atoms with Crippen molar-refractivity contribution in [1.29, 1.82) is 0 Å². The lowest BCUT2D eigenvalue weighted by Crippen LogP contribution is -2.32. The molecule has 2 aromatic rings. The Kier molecular flexibility index (Phi) is 3.76. The van der Waals surface area contributed by atoms with E-state index in [0.29, 0.717) is 6.54 Å². The van der Waals surface area contributed by atoms with Crippen molar-refractivity contribution in [2.75, 3.05) is 0 Å².